The van der Waals surface area contributed by atoms with E-state index in [1.807, 2.05) is 36.7 Å². The lowest BCUT2D eigenvalue weighted by Crippen LogP contribution is -2.32. The molecule has 0 radical (unpaired) electrons. The number of aromatic nitrogens is 1. The molecule has 2 aliphatic rings. The Kier molecular flexibility index (Phi) is 5.22. The number of benzene rings is 1. The van der Waals surface area contributed by atoms with Crippen LogP contribution in [0, 0.1) is 5.92 Å². The molecule has 1 fully saturated rings. The first-order valence-corrected chi connectivity index (χ1v) is 9.83. The predicted molar refractivity (Wildman–Crippen MR) is 108 cm³/mol. The molecule has 4 rings (SSSR count). The molecule has 2 aliphatic heterocycles. The first-order chi connectivity index (χ1) is 13.5. The van der Waals surface area contributed by atoms with Gasteiger partial charge in [-0.3, -0.25) is 4.98 Å². The van der Waals surface area contributed by atoms with Crippen molar-refractivity contribution in [1.82, 2.24) is 10.3 Å². The second-order valence-corrected chi connectivity index (χ2v) is 8.27. The predicted octanol–water partition coefficient (Wildman–Crippen LogP) is 3.50. The van der Waals surface area contributed by atoms with E-state index in [1.165, 1.54) is 16.8 Å². The standard InChI is InChI=1S/C22H27N3O3/c1-22(2)15-25(13-16-5-8-23-9-6-16)20-4-3-18(11-19(20)22)28-21(26)24-12-17-7-10-27-14-17/h3-6,8-9,11,17H,7,10,12-15H2,1-2H3,(H,24,26). The van der Waals surface area contributed by atoms with Crippen molar-refractivity contribution in [2.24, 2.45) is 5.92 Å². The van der Waals surface area contributed by atoms with Crippen molar-refractivity contribution in [3.05, 3.63) is 53.9 Å². The molecule has 6 nitrogen and oxygen atoms in total. The van der Waals surface area contributed by atoms with Crippen LogP contribution >= 0.6 is 0 Å². The molecule has 1 unspecified atom stereocenters. The van der Waals surface area contributed by atoms with Crippen molar-refractivity contribution >= 4 is 11.8 Å². The fourth-order valence-electron chi connectivity index (χ4n) is 4.01. The van der Waals surface area contributed by atoms with Crippen LogP contribution in [0.25, 0.3) is 0 Å². The van der Waals surface area contributed by atoms with Crippen LogP contribution in [-0.2, 0) is 16.7 Å². The topological polar surface area (TPSA) is 63.7 Å². The Balaban J connectivity index is 1.43. The third kappa shape index (κ3) is 4.12. The molecule has 1 amide bonds. The van der Waals surface area contributed by atoms with Crippen LogP contribution in [0.4, 0.5) is 10.5 Å². The first kappa shape index (κ1) is 18.7. The molecule has 1 aromatic heterocycles. The molecule has 0 aliphatic carbocycles. The molecule has 1 aromatic carbocycles. The van der Waals surface area contributed by atoms with Gasteiger partial charge in [-0.15, -0.1) is 0 Å². The highest BCUT2D eigenvalue weighted by Crippen LogP contribution is 2.42. The van der Waals surface area contributed by atoms with Gasteiger partial charge in [0.1, 0.15) is 5.75 Å². The Bertz CT molecular complexity index is 832. The Morgan fingerprint density at radius 3 is 2.89 bits per heavy atom. The lowest BCUT2D eigenvalue weighted by molar-refractivity contribution is 0.181. The van der Waals surface area contributed by atoms with E-state index in [0.29, 0.717) is 24.8 Å². The molecule has 2 aromatic rings. The normalized spacial score (nSPS) is 20.1. The van der Waals surface area contributed by atoms with E-state index in [9.17, 15) is 4.79 Å². The van der Waals surface area contributed by atoms with Gasteiger partial charge >= 0.3 is 6.09 Å². The average molecular weight is 381 g/mol. The second-order valence-electron chi connectivity index (χ2n) is 8.27. The van der Waals surface area contributed by atoms with Gasteiger partial charge in [-0.1, -0.05) is 13.8 Å². The minimum Gasteiger partial charge on any atom is -0.410 e. The van der Waals surface area contributed by atoms with Crippen molar-refractivity contribution in [1.29, 1.82) is 0 Å². The van der Waals surface area contributed by atoms with Crippen LogP contribution in [0.5, 0.6) is 5.75 Å². The zero-order chi connectivity index (χ0) is 19.6. The maximum Gasteiger partial charge on any atom is 0.412 e. The number of fused-ring (bicyclic) bond motifs is 1. The molecular weight excluding hydrogens is 354 g/mol. The zero-order valence-corrected chi connectivity index (χ0v) is 16.5. The number of nitrogens with one attached hydrogen (secondary N) is 1. The van der Waals surface area contributed by atoms with Gasteiger partial charge in [-0.25, -0.2) is 4.79 Å². The zero-order valence-electron chi connectivity index (χ0n) is 16.5. The fourth-order valence-corrected chi connectivity index (χ4v) is 4.01. The van der Waals surface area contributed by atoms with Gasteiger partial charge in [0.25, 0.3) is 0 Å². The summed E-state index contributed by atoms with van der Waals surface area (Å²) in [6.45, 7) is 8.28. The van der Waals surface area contributed by atoms with Crippen molar-refractivity contribution in [2.75, 3.05) is 31.2 Å². The molecule has 148 valence electrons. The second kappa shape index (κ2) is 7.80. The number of hydrogen-bond acceptors (Lipinski definition) is 5. The van der Waals surface area contributed by atoms with Gasteiger partial charge in [0.15, 0.2) is 0 Å². The molecule has 0 spiro atoms. The molecule has 1 atom stereocenters. The van der Waals surface area contributed by atoms with Gasteiger partial charge in [-0.05, 0) is 47.9 Å². The third-order valence-corrected chi connectivity index (χ3v) is 5.52. The summed E-state index contributed by atoms with van der Waals surface area (Å²) in [6, 6.07) is 10.0. The summed E-state index contributed by atoms with van der Waals surface area (Å²) in [5.74, 6) is 0.964. The monoisotopic (exact) mass is 381 g/mol. The molecular formula is C22H27N3O3. The average Bonchev–Trinajstić information content (AvgIpc) is 3.28. The molecule has 0 bridgehead atoms. The summed E-state index contributed by atoms with van der Waals surface area (Å²) < 4.78 is 10.9. The SMILES string of the molecule is CC1(C)CN(Cc2ccncc2)c2ccc(OC(=O)NCC3CCOC3)cc21. The molecule has 3 heterocycles. The largest absolute Gasteiger partial charge is 0.412 e. The van der Waals surface area contributed by atoms with Gasteiger partial charge in [0.05, 0.1) is 6.61 Å². The number of carbonyl (C=O) groups excluding carboxylic acids is 1. The summed E-state index contributed by atoms with van der Waals surface area (Å²) in [5.41, 5.74) is 3.61. The fraction of sp³-hybridized carbons (Fsp3) is 0.455. The Morgan fingerprint density at radius 2 is 2.14 bits per heavy atom. The quantitative estimate of drug-likeness (QED) is 0.859. The van der Waals surface area contributed by atoms with Crippen LogP contribution in [-0.4, -0.2) is 37.4 Å². The highest BCUT2D eigenvalue weighted by molar-refractivity contribution is 5.72. The number of rotatable bonds is 5. The van der Waals surface area contributed by atoms with E-state index in [1.54, 1.807) is 0 Å². The van der Waals surface area contributed by atoms with Crippen LogP contribution in [0.3, 0.4) is 0 Å². The number of hydrogen-bond donors (Lipinski definition) is 1. The Labute approximate surface area is 165 Å². The Morgan fingerprint density at radius 1 is 1.32 bits per heavy atom. The first-order valence-electron chi connectivity index (χ1n) is 9.83. The molecule has 6 heteroatoms. The molecule has 1 saturated heterocycles. The lowest BCUT2D eigenvalue weighted by atomic mass is 9.87. The summed E-state index contributed by atoms with van der Waals surface area (Å²) in [4.78, 5) is 18.6. The van der Waals surface area contributed by atoms with Crippen LogP contribution in [0.1, 0.15) is 31.4 Å². The third-order valence-electron chi connectivity index (χ3n) is 5.52. The lowest BCUT2D eigenvalue weighted by Gasteiger charge is -2.22. The number of carbonyl (C=O) groups is 1. The van der Waals surface area contributed by atoms with E-state index in [-0.39, 0.29) is 5.41 Å². The van der Waals surface area contributed by atoms with E-state index < -0.39 is 6.09 Å². The van der Waals surface area contributed by atoms with Crippen LogP contribution in [0.15, 0.2) is 42.7 Å². The number of anilines is 1. The number of ether oxygens (including phenoxy) is 2. The number of nitrogens with zero attached hydrogens (tertiary/aromatic N) is 2. The van der Waals surface area contributed by atoms with Crippen molar-refractivity contribution in [3.8, 4) is 5.75 Å². The number of pyridine rings is 1. The Hall–Kier alpha value is -2.60. The highest BCUT2D eigenvalue weighted by Gasteiger charge is 2.35. The molecule has 1 N–H and O–H groups in total. The van der Waals surface area contributed by atoms with Crippen LogP contribution in [0.2, 0.25) is 0 Å². The smallest absolute Gasteiger partial charge is 0.410 e. The highest BCUT2D eigenvalue weighted by atomic mass is 16.6. The summed E-state index contributed by atoms with van der Waals surface area (Å²) in [7, 11) is 0. The summed E-state index contributed by atoms with van der Waals surface area (Å²) >= 11 is 0. The maximum atomic E-state index is 12.1. The van der Waals surface area contributed by atoms with Gasteiger partial charge in [-0.2, -0.15) is 0 Å². The van der Waals surface area contributed by atoms with E-state index in [4.69, 9.17) is 9.47 Å². The number of amides is 1. The van der Waals surface area contributed by atoms with Crippen molar-refractivity contribution < 1.29 is 14.3 Å². The maximum absolute atomic E-state index is 12.1. The van der Waals surface area contributed by atoms with Gasteiger partial charge in [0, 0.05) is 55.7 Å². The van der Waals surface area contributed by atoms with E-state index in [2.05, 4.69) is 35.1 Å². The minimum absolute atomic E-state index is 0.0145. The van der Waals surface area contributed by atoms with Crippen molar-refractivity contribution in [2.45, 2.75) is 32.2 Å². The van der Waals surface area contributed by atoms with Crippen molar-refractivity contribution in [3.63, 3.8) is 0 Å². The molecule has 28 heavy (non-hydrogen) atoms. The van der Waals surface area contributed by atoms with Crippen LogP contribution < -0.4 is 15.0 Å². The van der Waals surface area contributed by atoms with Gasteiger partial charge in [0.2, 0.25) is 0 Å². The van der Waals surface area contributed by atoms with Gasteiger partial charge < -0.3 is 19.7 Å². The minimum atomic E-state index is -0.406. The van der Waals surface area contributed by atoms with E-state index >= 15 is 0 Å². The summed E-state index contributed by atoms with van der Waals surface area (Å²) in [5, 5.41) is 2.85. The molecule has 0 saturated carbocycles. The van der Waals surface area contributed by atoms with E-state index in [0.717, 1.165) is 26.1 Å². The summed E-state index contributed by atoms with van der Waals surface area (Å²) in [6.07, 6.45) is 4.23.